The summed E-state index contributed by atoms with van der Waals surface area (Å²) in [6.45, 7) is 1.97. The maximum Gasteiger partial charge on any atom is 0.192 e. The molecule has 3 aromatic rings. The Morgan fingerprint density at radius 3 is 2.40 bits per heavy atom. The van der Waals surface area contributed by atoms with Gasteiger partial charge in [-0.15, -0.1) is 0 Å². The summed E-state index contributed by atoms with van der Waals surface area (Å²) in [5, 5.41) is 8.81. The second kappa shape index (κ2) is 6.89. The van der Waals surface area contributed by atoms with E-state index >= 15 is 0 Å². The molecule has 5 heteroatoms. The quantitative estimate of drug-likeness (QED) is 0.712. The molecule has 5 nitrogen and oxygen atoms in total. The number of para-hydroxylation sites is 1. The van der Waals surface area contributed by atoms with Gasteiger partial charge in [0.15, 0.2) is 17.8 Å². The van der Waals surface area contributed by atoms with Crippen molar-refractivity contribution in [2.75, 3.05) is 0 Å². The Labute approximate surface area is 147 Å². The van der Waals surface area contributed by atoms with Gasteiger partial charge in [0.1, 0.15) is 0 Å². The van der Waals surface area contributed by atoms with E-state index in [4.69, 9.17) is 14.9 Å². The summed E-state index contributed by atoms with van der Waals surface area (Å²) in [5.41, 5.74) is 3.26. The minimum atomic E-state index is -0.168. The van der Waals surface area contributed by atoms with Gasteiger partial charge in [0, 0.05) is 12.8 Å². The molecule has 0 aliphatic carbocycles. The van der Waals surface area contributed by atoms with E-state index in [0.717, 1.165) is 42.3 Å². The van der Waals surface area contributed by atoms with Crippen molar-refractivity contribution in [3.05, 3.63) is 77.9 Å². The highest BCUT2D eigenvalue weighted by molar-refractivity contribution is 5.82. The topological polar surface area (TPSA) is 52.3 Å². The number of nitrogens with zero attached hydrogens (tertiary/aromatic N) is 4. The third-order valence-corrected chi connectivity index (χ3v) is 4.26. The van der Waals surface area contributed by atoms with Crippen LogP contribution in [0.15, 0.2) is 65.8 Å². The molecule has 0 N–H and O–H groups in total. The van der Waals surface area contributed by atoms with Gasteiger partial charge >= 0.3 is 0 Å². The van der Waals surface area contributed by atoms with Crippen LogP contribution in [-0.2, 0) is 17.7 Å². The minimum absolute atomic E-state index is 0.168. The summed E-state index contributed by atoms with van der Waals surface area (Å²) >= 11 is 0. The summed E-state index contributed by atoms with van der Waals surface area (Å²) in [5.74, 6) is 1.64. The first kappa shape index (κ1) is 15.6. The van der Waals surface area contributed by atoms with Gasteiger partial charge < -0.3 is 4.84 Å². The van der Waals surface area contributed by atoms with Gasteiger partial charge in [0.05, 0.1) is 11.4 Å². The predicted octanol–water partition coefficient (Wildman–Crippen LogP) is 3.89. The Morgan fingerprint density at radius 1 is 1.00 bits per heavy atom. The van der Waals surface area contributed by atoms with Crippen LogP contribution in [0.2, 0.25) is 0 Å². The first-order chi connectivity index (χ1) is 12.3. The van der Waals surface area contributed by atoms with Gasteiger partial charge in [0.2, 0.25) is 0 Å². The summed E-state index contributed by atoms with van der Waals surface area (Å²) in [6.07, 6.45) is 2.30. The molecule has 25 heavy (non-hydrogen) atoms. The monoisotopic (exact) mass is 332 g/mol. The normalized spacial score (nSPS) is 16.5. The molecule has 1 unspecified atom stereocenters. The maximum absolute atomic E-state index is 5.55. The number of aromatic nitrogens is 3. The van der Waals surface area contributed by atoms with Crippen LogP contribution in [0, 0.1) is 0 Å². The summed E-state index contributed by atoms with van der Waals surface area (Å²) in [6, 6.07) is 20.5. The maximum atomic E-state index is 5.55. The lowest BCUT2D eigenvalue weighted by molar-refractivity contribution is 0.0775. The molecule has 0 amide bonds. The van der Waals surface area contributed by atoms with Crippen LogP contribution >= 0.6 is 0 Å². The van der Waals surface area contributed by atoms with Gasteiger partial charge in [-0.1, -0.05) is 53.7 Å². The molecule has 1 aliphatic rings. The van der Waals surface area contributed by atoms with Crippen molar-refractivity contribution >= 4 is 5.71 Å². The smallest absolute Gasteiger partial charge is 0.192 e. The van der Waals surface area contributed by atoms with E-state index in [1.807, 2.05) is 48.0 Å². The summed E-state index contributed by atoms with van der Waals surface area (Å²) in [7, 11) is 0. The number of aryl methyl sites for hydroxylation is 2. The Morgan fingerprint density at radius 2 is 1.72 bits per heavy atom. The Hall–Kier alpha value is -2.95. The molecule has 1 aromatic heterocycles. The largest absolute Gasteiger partial charge is 0.384 e. The van der Waals surface area contributed by atoms with Crippen molar-refractivity contribution in [2.24, 2.45) is 5.16 Å². The van der Waals surface area contributed by atoms with Gasteiger partial charge in [-0.2, -0.15) is 5.10 Å². The lowest BCUT2D eigenvalue weighted by Crippen LogP contribution is -2.08. The van der Waals surface area contributed by atoms with Crippen molar-refractivity contribution in [2.45, 2.75) is 32.3 Å². The molecule has 0 saturated heterocycles. The fourth-order valence-electron chi connectivity index (χ4n) is 2.98. The van der Waals surface area contributed by atoms with Crippen LogP contribution in [0.3, 0.4) is 0 Å². The van der Waals surface area contributed by atoms with Crippen LogP contribution in [0.1, 0.15) is 36.7 Å². The number of rotatable bonds is 5. The van der Waals surface area contributed by atoms with E-state index in [-0.39, 0.29) is 6.10 Å². The average molecular weight is 332 g/mol. The van der Waals surface area contributed by atoms with Crippen molar-refractivity contribution in [3.8, 4) is 5.69 Å². The average Bonchev–Trinajstić information content (AvgIpc) is 3.28. The van der Waals surface area contributed by atoms with Gasteiger partial charge in [-0.3, -0.25) is 0 Å². The highest BCUT2D eigenvalue weighted by Gasteiger charge is 2.27. The zero-order valence-electron chi connectivity index (χ0n) is 14.2. The minimum Gasteiger partial charge on any atom is -0.384 e. The summed E-state index contributed by atoms with van der Waals surface area (Å²) < 4.78 is 1.89. The van der Waals surface area contributed by atoms with Crippen LogP contribution in [0.4, 0.5) is 0 Å². The molecule has 4 rings (SSSR count). The van der Waals surface area contributed by atoms with Gasteiger partial charge in [0.25, 0.3) is 0 Å². The second-order valence-electron chi connectivity index (χ2n) is 6.24. The molecule has 2 heterocycles. The molecular weight excluding hydrogens is 312 g/mol. The zero-order chi connectivity index (χ0) is 17.1. The van der Waals surface area contributed by atoms with E-state index in [2.05, 4.69) is 29.4 Å². The molecule has 1 atom stereocenters. The Bertz CT molecular complexity index is 871. The summed E-state index contributed by atoms with van der Waals surface area (Å²) in [4.78, 5) is 10.3. The van der Waals surface area contributed by atoms with E-state index < -0.39 is 0 Å². The highest BCUT2D eigenvalue weighted by atomic mass is 16.6. The van der Waals surface area contributed by atoms with Crippen LogP contribution in [0.5, 0.6) is 0 Å². The van der Waals surface area contributed by atoms with Crippen molar-refractivity contribution in [1.82, 2.24) is 14.8 Å². The standard InChI is InChI=1S/C20H20N4O/c1-15-14-18(25-23-15)20-21-19(13-12-16-8-4-2-5-9-16)22-24(20)17-10-6-3-7-11-17/h2-11,18H,12-14H2,1H3. The fraction of sp³-hybridized carbons (Fsp3) is 0.250. The SMILES string of the molecule is CC1=NOC(c2nc(CCc3ccccc3)nn2-c2ccccc2)C1. The van der Waals surface area contributed by atoms with Crippen molar-refractivity contribution in [3.63, 3.8) is 0 Å². The van der Waals surface area contributed by atoms with Crippen LogP contribution in [-0.4, -0.2) is 20.5 Å². The third kappa shape index (κ3) is 3.45. The number of hydrogen-bond acceptors (Lipinski definition) is 4. The first-order valence-corrected chi connectivity index (χ1v) is 8.54. The van der Waals surface area contributed by atoms with Crippen LogP contribution in [0.25, 0.3) is 5.69 Å². The lowest BCUT2D eigenvalue weighted by Gasteiger charge is -2.09. The zero-order valence-corrected chi connectivity index (χ0v) is 14.2. The molecule has 0 saturated carbocycles. The molecule has 126 valence electrons. The molecule has 0 bridgehead atoms. The molecular formula is C20H20N4O. The molecule has 0 spiro atoms. The Kier molecular flexibility index (Phi) is 4.29. The van der Waals surface area contributed by atoms with Gasteiger partial charge in [-0.25, -0.2) is 9.67 Å². The van der Waals surface area contributed by atoms with Crippen LogP contribution < -0.4 is 0 Å². The predicted molar refractivity (Wildman–Crippen MR) is 96.8 cm³/mol. The number of oxime groups is 1. The van der Waals surface area contributed by atoms with E-state index in [1.165, 1.54) is 5.56 Å². The third-order valence-electron chi connectivity index (χ3n) is 4.26. The molecule has 0 radical (unpaired) electrons. The molecule has 0 fully saturated rings. The Balaban J connectivity index is 1.61. The van der Waals surface area contributed by atoms with E-state index in [0.29, 0.717) is 0 Å². The molecule has 2 aromatic carbocycles. The fourth-order valence-corrected chi connectivity index (χ4v) is 2.98. The van der Waals surface area contributed by atoms with Crippen molar-refractivity contribution in [1.29, 1.82) is 0 Å². The van der Waals surface area contributed by atoms with E-state index in [1.54, 1.807) is 0 Å². The first-order valence-electron chi connectivity index (χ1n) is 8.54. The molecule has 1 aliphatic heterocycles. The van der Waals surface area contributed by atoms with E-state index in [9.17, 15) is 0 Å². The number of benzene rings is 2. The number of hydrogen-bond donors (Lipinski definition) is 0. The van der Waals surface area contributed by atoms with Crippen molar-refractivity contribution < 1.29 is 4.84 Å². The lowest BCUT2D eigenvalue weighted by atomic mass is 10.1. The second-order valence-corrected chi connectivity index (χ2v) is 6.24. The van der Waals surface area contributed by atoms with Gasteiger partial charge in [-0.05, 0) is 31.0 Å². The highest BCUT2D eigenvalue weighted by Crippen LogP contribution is 2.27.